The molecule has 0 spiro atoms. The predicted octanol–water partition coefficient (Wildman–Crippen LogP) is 4.55. The van der Waals surface area contributed by atoms with Crippen LogP contribution in [0.2, 0.25) is 0 Å². The molecule has 1 fully saturated rings. The van der Waals surface area contributed by atoms with Gasteiger partial charge in [-0.2, -0.15) is 0 Å². The first-order valence-electron chi connectivity index (χ1n) is 5.83. The Balaban J connectivity index is 1.86. The molecule has 0 saturated heterocycles. The van der Waals surface area contributed by atoms with Crippen LogP contribution >= 0.6 is 15.9 Å². The molecular weight excluding hydrogens is 271 g/mol. The molecule has 2 rings (SSSR count). The Bertz CT molecular complexity index is 348. The van der Waals surface area contributed by atoms with Crippen molar-refractivity contribution in [2.45, 2.75) is 32.1 Å². The van der Waals surface area contributed by atoms with Crippen LogP contribution < -0.4 is 4.74 Å². The lowest BCUT2D eigenvalue weighted by Crippen LogP contribution is -2.15. The van der Waals surface area contributed by atoms with Crippen molar-refractivity contribution in [3.05, 3.63) is 28.5 Å². The summed E-state index contributed by atoms with van der Waals surface area (Å²) in [6.45, 7) is 0.723. The molecule has 0 radical (unpaired) electrons. The van der Waals surface area contributed by atoms with Gasteiger partial charge in [0.2, 0.25) is 0 Å². The molecular formula is C13H16BrFO. The highest BCUT2D eigenvalue weighted by Gasteiger charge is 2.14. The molecule has 0 aromatic heterocycles. The maximum atomic E-state index is 13.2. The molecule has 1 aromatic carbocycles. The van der Waals surface area contributed by atoms with E-state index in [-0.39, 0.29) is 5.82 Å². The van der Waals surface area contributed by atoms with E-state index in [0.29, 0.717) is 16.1 Å². The van der Waals surface area contributed by atoms with E-state index in [1.807, 2.05) is 0 Å². The third kappa shape index (κ3) is 3.21. The quantitative estimate of drug-likeness (QED) is 0.792. The van der Waals surface area contributed by atoms with E-state index in [2.05, 4.69) is 15.9 Å². The van der Waals surface area contributed by atoms with Crippen molar-refractivity contribution >= 4 is 15.9 Å². The first-order chi connectivity index (χ1) is 7.75. The van der Waals surface area contributed by atoms with Crippen LogP contribution in [0, 0.1) is 11.7 Å². The van der Waals surface area contributed by atoms with Gasteiger partial charge in [-0.25, -0.2) is 4.39 Å². The number of halogens is 2. The zero-order valence-electron chi connectivity index (χ0n) is 9.22. The number of benzene rings is 1. The van der Waals surface area contributed by atoms with Gasteiger partial charge in [-0.3, -0.25) is 0 Å². The number of hydrogen-bond acceptors (Lipinski definition) is 1. The Morgan fingerprint density at radius 1 is 1.25 bits per heavy atom. The van der Waals surface area contributed by atoms with Crippen LogP contribution in [-0.4, -0.2) is 6.61 Å². The van der Waals surface area contributed by atoms with Gasteiger partial charge >= 0.3 is 0 Å². The molecule has 0 unspecified atom stereocenters. The van der Waals surface area contributed by atoms with Crippen LogP contribution in [0.1, 0.15) is 32.1 Å². The van der Waals surface area contributed by atoms with Crippen LogP contribution in [0.25, 0.3) is 0 Å². The van der Waals surface area contributed by atoms with E-state index < -0.39 is 0 Å². The smallest absolute Gasteiger partial charge is 0.141 e. The number of ether oxygens (including phenoxy) is 1. The molecule has 0 N–H and O–H groups in total. The molecule has 0 aliphatic heterocycles. The van der Waals surface area contributed by atoms with Crippen molar-refractivity contribution in [2.75, 3.05) is 6.61 Å². The number of hydrogen-bond donors (Lipinski definition) is 0. The molecule has 0 atom stereocenters. The van der Waals surface area contributed by atoms with E-state index in [4.69, 9.17) is 4.74 Å². The largest absolute Gasteiger partial charge is 0.493 e. The Morgan fingerprint density at radius 2 is 2.00 bits per heavy atom. The Kier molecular flexibility index (Phi) is 4.22. The fraction of sp³-hybridized carbons (Fsp3) is 0.538. The average Bonchev–Trinajstić information content (AvgIpc) is 2.32. The van der Waals surface area contributed by atoms with E-state index in [9.17, 15) is 4.39 Å². The predicted molar refractivity (Wildman–Crippen MR) is 66.2 cm³/mol. The SMILES string of the molecule is Fc1cc(OCC2CCCCC2)ccc1Br. The van der Waals surface area contributed by atoms with E-state index in [1.54, 1.807) is 12.1 Å². The van der Waals surface area contributed by atoms with Gasteiger partial charge in [0, 0.05) is 6.07 Å². The summed E-state index contributed by atoms with van der Waals surface area (Å²) in [5, 5.41) is 0. The van der Waals surface area contributed by atoms with E-state index in [1.165, 1.54) is 38.2 Å². The second kappa shape index (κ2) is 5.67. The lowest BCUT2D eigenvalue weighted by molar-refractivity contribution is 0.208. The lowest BCUT2D eigenvalue weighted by atomic mass is 9.90. The van der Waals surface area contributed by atoms with Crippen LogP contribution in [0.3, 0.4) is 0 Å². The van der Waals surface area contributed by atoms with Crippen molar-refractivity contribution in [1.29, 1.82) is 0 Å². The summed E-state index contributed by atoms with van der Waals surface area (Å²) in [5.41, 5.74) is 0. The topological polar surface area (TPSA) is 9.23 Å². The van der Waals surface area contributed by atoms with Gasteiger partial charge in [-0.15, -0.1) is 0 Å². The highest BCUT2D eigenvalue weighted by Crippen LogP contribution is 2.26. The standard InChI is InChI=1S/C13H16BrFO/c14-12-7-6-11(8-13(12)15)16-9-10-4-2-1-3-5-10/h6-8,10H,1-5,9H2. The number of rotatable bonds is 3. The third-order valence-corrected chi connectivity index (χ3v) is 3.74. The minimum absolute atomic E-state index is 0.263. The first-order valence-corrected chi connectivity index (χ1v) is 6.63. The van der Waals surface area contributed by atoms with Crippen LogP contribution in [0.5, 0.6) is 5.75 Å². The summed E-state index contributed by atoms with van der Waals surface area (Å²) in [6.07, 6.45) is 6.47. The lowest BCUT2D eigenvalue weighted by Gasteiger charge is -2.21. The maximum Gasteiger partial charge on any atom is 0.141 e. The molecule has 1 aromatic rings. The zero-order valence-corrected chi connectivity index (χ0v) is 10.8. The third-order valence-electron chi connectivity index (χ3n) is 3.10. The van der Waals surface area contributed by atoms with Gasteiger partial charge in [-0.05, 0) is 46.8 Å². The highest BCUT2D eigenvalue weighted by molar-refractivity contribution is 9.10. The Morgan fingerprint density at radius 3 is 2.69 bits per heavy atom. The Labute approximate surface area is 104 Å². The molecule has 1 aliphatic carbocycles. The molecule has 3 heteroatoms. The fourth-order valence-electron chi connectivity index (χ4n) is 2.13. The summed E-state index contributed by atoms with van der Waals surface area (Å²) in [5.74, 6) is 1.02. The van der Waals surface area contributed by atoms with Crippen molar-refractivity contribution < 1.29 is 9.13 Å². The summed E-state index contributed by atoms with van der Waals surface area (Å²) < 4.78 is 19.3. The van der Waals surface area contributed by atoms with E-state index >= 15 is 0 Å². The van der Waals surface area contributed by atoms with Gasteiger partial charge in [-0.1, -0.05) is 19.3 Å². The second-order valence-corrected chi connectivity index (χ2v) is 5.25. The highest BCUT2D eigenvalue weighted by atomic mass is 79.9. The minimum Gasteiger partial charge on any atom is -0.493 e. The van der Waals surface area contributed by atoms with Crippen LogP contribution in [0.15, 0.2) is 22.7 Å². The molecule has 1 aliphatic rings. The van der Waals surface area contributed by atoms with Gasteiger partial charge in [0.1, 0.15) is 11.6 Å². The molecule has 1 nitrogen and oxygen atoms in total. The summed E-state index contributed by atoms with van der Waals surface area (Å²) in [6, 6.07) is 4.93. The summed E-state index contributed by atoms with van der Waals surface area (Å²) >= 11 is 3.13. The minimum atomic E-state index is -0.263. The van der Waals surface area contributed by atoms with Gasteiger partial charge in [0.15, 0.2) is 0 Å². The molecule has 1 saturated carbocycles. The van der Waals surface area contributed by atoms with Crippen LogP contribution in [0.4, 0.5) is 4.39 Å². The van der Waals surface area contributed by atoms with Crippen molar-refractivity contribution in [3.8, 4) is 5.75 Å². The van der Waals surface area contributed by atoms with Crippen molar-refractivity contribution in [2.24, 2.45) is 5.92 Å². The maximum absolute atomic E-state index is 13.2. The summed E-state index contributed by atoms with van der Waals surface area (Å²) in [7, 11) is 0. The zero-order chi connectivity index (χ0) is 11.4. The van der Waals surface area contributed by atoms with Gasteiger partial charge in [0.05, 0.1) is 11.1 Å². The van der Waals surface area contributed by atoms with Crippen LogP contribution in [-0.2, 0) is 0 Å². The fourth-order valence-corrected chi connectivity index (χ4v) is 2.38. The summed E-state index contributed by atoms with van der Waals surface area (Å²) in [4.78, 5) is 0. The molecule has 0 heterocycles. The van der Waals surface area contributed by atoms with E-state index in [0.717, 1.165) is 6.61 Å². The molecule has 88 valence electrons. The normalized spacial score (nSPS) is 17.4. The van der Waals surface area contributed by atoms with Crippen molar-refractivity contribution in [3.63, 3.8) is 0 Å². The van der Waals surface area contributed by atoms with Crippen molar-refractivity contribution in [1.82, 2.24) is 0 Å². The molecule has 0 bridgehead atoms. The molecule has 0 amide bonds. The van der Waals surface area contributed by atoms with Gasteiger partial charge < -0.3 is 4.74 Å². The monoisotopic (exact) mass is 286 g/mol. The average molecular weight is 287 g/mol. The second-order valence-electron chi connectivity index (χ2n) is 4.39. The molecule has 16 heavy (non-hydrogen) atoms. The Hall–Kier alpha value is -0.570. The first kappa shape index (κ1) is 11.9. The van der Waals surface area contributed by atoms with Gasteiger partial charge in [0.25, 0.3) is 0 Å².